The molecule has 2 aliphatic rings. The van der Waals surface area contributed by atoms with Crippen molar-refractivity contribution in [1.29, 1.82) is 0 Å². The molecule has 0 fully saturated rings. The molecule has 0 aliphatic carbocycles. The average molecular weight is 918 g/mol. The lowest BCUT2D eigenvalue weighted by molar-refractivity contribution is 0.666. The zero-order valence-corrected chi connectivity index (χ0v) is 39.6. The minimum Gasteiger partial charge on any atom is -0.454 e. The Morgan fingerprint density at radius 2 is 1.07 bits per heavy atom. The van der Waals surface area contributed by atoms with Crippen molar-refractivity contribution in [2.75, 3.05) is 4.81 Å². The van der Waals surface area contributed by atoms with Crippen molar-refractivity contribution >= 4 is 95.5 Å². The highest BCUT2D eigenvalue weighted by Gasteiger charge is 2.45. The molecule has 3 aromatic heterocycles. The van der Waals surface area contributed by atoms with Gasteiger partial charge in [0.2, 0.25) is 0 Å². The van der Waals surface area contributed by atoms with Crippen molar-refractivity contribution in [2.45, 2.75) is 6.92 Å². The van der Waals surface area contributed by atoms with Gasteiger partial charge in [-0.15, -0.1) is 0 Å². The number of fused-ring (bicyclic) bond motifs is 14. The van der Waals surface area contributed by atoms with Crippen LogP contribution in [0.4, 0.5) is 11.4 Å². The minimum atomic E-state index is -0.241. The Balaban J connectivity index is 1.14. The largest absolute Gasteiger partial charge is 0.454 e. The van der Waals surface area contributed by atoms with Gasteiger partial charge in [-0.1, -0.05) is 182 Å². The van der Waals surface area contributed by atoms with E-state index in [4.69, 9.17) is 11.0 Å². The van der Waals surface area contributed by atoms with Gasteiger partial charge in [0.05, 0.1) is 22.2 Å². The summed E-state index contributed by atoms with van der Waals surface area (Å²) in [7, 11) is 0. The molecule has 10 aromatic carbocycles. The second-order valence-corrected chi connectivity index (χ2v) is 19.3. The molecule has 0 unspecified atom stereocenters. The summed E-state index contributed by atoms with van der Waals surface area (Å²) >= 11 is 0. The van der Waals surface area contributed by atoms with Crippen molar-refractivity contribution in [3.63, 3.8) is 0 Å². The Hall–Kier alpha value is -9.32. The summed E-state index contributed by atoms with van der Waals surface area (Å²) in [5.74, 6) is 0. The monoisotopic (exact) mass is 917 g/mol. The van der Waals surface area contributed by atoms with E-state index >= 15 is 0 Å². The topological polar surface area (TPSA) is 26.2 Å². The number of aromatic nitrogens is 2. The number of rotatable bonds is 6. The molecule has 5 heterocycles. The molecule has 5 heteroatoms. The summed E-state index contributed by atoms with van der Waals surface area (Å²) in [4.78, 5) is 2.66. The minimum absolute atomic E-state index is 0.241. The van der Waals surface area contributed by atoms with Crippen molar-refractivity contribution in [2.24, 2.45) is 0 Å². The van der Waals surface area contributed by atoms with Gasteiger partial charge in [0, 0.05) is 60.1 Å². The van der Waals surface area contributed by atoms with Crippen LogP contribution in [0.25, 0.3) is 117 Å². The van der Waals surface area contributed by atoms with Crippen LogP contribution in [0.3, 0.4) is 0 Å². The first-order chi connectivity index (χ1) is 35.6. The first kappa shape index (κ1) is 40.6. The van der Waals surface area contributed by atoms with Crippen molar-refractivity contribution in [3.05, 3.63) is 253 Å². The summed E-state index contributed by atoms with van der Waals surface area (Å²) in [6.45, 7) is 6.89. The Kier molecular flexibility index (Phi) is 8.79. The van der Waals surface area contributed by atoms with E-state index in [2.05, 4.69) is 257 Å². The standard InChI is InChI=1S/C67H44BN3O/c1-42(44-19-7-3-8-20-44)39-56-54-40-48(46-23-11-5-12-24-46)33-37-59(54)70-64(56)43(2)68-63-55(41-57-51-27-16-18-30-61(51)72-67(57)66(63)70)52-36-38-60-62(53-28-15-17-29-58(53)69(60)49-25-13-6-14-26-49)65(52)71(68)50-34-31-47(32-35-50)45-21-9-4-10-22-45/h3-41H,1H2,2H3/b56-39-. The van der Waals surface area contributed by atoms with Gasteiger partial charge >= 0.3 is 6.85 Å². The number of benzene rings is 10. The Labute approximate surface area is 416 Å². The first-order valence-corrected chi connectivity index (χ1v) is 24.8. The second kappa shape index (κ2) is 15.6. The van der Waals surface area contributed by atoms with Crippen molar-refractivity contribution < 1.29 is 4.42 Å². The fourth-order valence-corrected chi connectivity index (χ4v) is 12.3. The second-order valence-electron chi connectivity index (χ2n) is 19.3. The fraction of sp³-hybridized carbons (Fsp3) is 0.0149. The van der Waals surface area contributed by atoms with E-state index in [1.807, 2.05) is 0 Å². The van der Waals surface area contributed by atoms with Crippen LogP contribution in [0.5, 0.6) is 0 Å². The smallest absolute Gasteiger partial charge is 0.328 e. The third-order valence-corrected chi connectivity index (χ3v) is 15.4. The van der Waals surface area contributed by atoms with Gasteiger partial charge in [-0.2, -0.15) is 0 Å². The van der Waals surface area contributed by atoms with Crippen LogP contribution in [0, 0.1) is 0 Å². The Bertz CT molecular complexity index is 4510. The molecule has 4 nitrogen and oxygen atoms in total. The van der Waals surface area contributed by atoms with Gasteiger partial charge in [0.15, 0.2) is 5.58 Å². The highest BCUT2D eigenvalue weighted by Crippen LogP contribution is 2.51. The van der Waals surface area contributed by atoms with Gasteiger partial charge in [-0.3, -0.25) is 0 Å². The van der Waals surface area contributed by atoms with E-state index in [0.717, 1.165) is 82.7 Å². The lowest BCUT2D eigenvalue weighted by Gasteiger charge is -2.42. The van der Waals surface area contributed by atoms with Crippen LogP contribution < -0.4 is 20.8 Å². The summed E-state index contributed by atoms with van der Waals surface area (Å²) in [6.07, 6.45) is 2.33. The molecular weight excluding hydrogens is 874 g/mol. The number of nitrogens with zero attached hydrogens (tertiary/aromatic N) is 3. The van der Waals surface area contributed by atoms with Gasteiger partial charge in [-0.05, 0) is 118 Å². The van der Waals surface area contributed by atoms with Crippen LogP contribution in [0.1, 0.15) is 12.5 Å². The van der Waals surface area contributed by atoms with Crippen molar-refractivity contribution in [3.8, 4) is 44.8 Å². The summed E-state index contributed by atoms with van der Waals surface area (Å²) in [5, 5.41) is 8.08. The van der Waals surface area contributed by atoms with Crippen LogP contribution in [0.2, 0.25) is 0 Å². The highest BCUT2D eigenvalue weighted by atomic mass is 16.3. The third kappa shape index (κ3) is 5.82. The number of allylic oxidation sites excluding steroid dienone is 1. The number of para-hydroxylation sites is 3. The Morgan fingerprint density at radius 3 is 1.82 bits per heavy atom. The zero-order chi connectivity index (χ0) is 47.6. The van der Waals surface area contributed by atoms with E-state index in [9.17, 15) is 0 Å². The molecule has 336 valence electrons. The predicted octanol–water partition coefficient (Wildman–Crippen LogP) is 15.2. The molecule has 0 spiro atoms. The zero-order valence-electron chi connectivity index (χ0n) is 39.6. The molecule has 0 radical (unpaired) electrons. The lowest BCUT2D eigenvalue weighted by Crippen LogP contribution is -2.57. The predicted molar refractivity (Wildman–Crippen MR) is 303 cm³/mol. The molecule has 15 rings (SSSR count). The maximum Gasteiger partial charge on any atom is 0.328 e. The third-order valence-electron chi connectivity index (χ3n) is 15.4. The lowest BCUT2D eigenvalue weighted by atomic mass is 9.44. The van der Waals surface area contributed by atoms with E-state index in [1.54, 1.807) is 0 Å². The SMILES string of the molecule is C=C(/C=c1\c2n(c3ccc(-c4ccccc4)cc13)-c1c3c(cc4c1oc1ccccc14)-c1ccc4c(c1N(c1ccc(-c5ccccc5)cc1)B3C=2C)c1ccccc1n4-c1ccccc1)c1ccccc1. The average Bonchev–Trinajstić information content (AvgIpc) is 4.11. The van der Waals surface area contributed by atoms with Gasteiger partial charge < -0.3 is 18.4 Å². The van der Waals surface area contributed by atoms with E-state index in [0.29, 0.717) is 0 Å². The molecular formula is C67H44BN3O. The van der Waals surface area contributed by atoms with E-state index in [-0.39, 0.29) is 6.85 Å². The Morgan fingerprint density at radius 1 is 0.472 bits per heavy atom. The molecule has 72 heavy (non-hydrogen) atoms. The summed E-state index contributed by atoms with van der Waals surface area (Å²) < 4.78 is 12.2. The molecule has 0 amide bonds. The highest BCUT2D eigenvalue weighted by molar-refractivity contribution is 6.95. The van der Waals surface area contributed by atoms with Crippen LogP contribution >= 0.6 is 0 Å². The van der Waals surface area contributed by atoms with E-state index < -0.39 is 0 Å². The first-order valence-electron chi connectivity index (χ1n) is 24.8. The molecule has 0 saturated carbocycles. The summed E-state index contributed by atoms with van der Waals surface area (Å²) in [5.41, 5.74) is 21.3. The normalized spacial score (nSPS) is 13.1. The molecule has 0 atom stereocenters. The van der Waals surface area contributed by atoms with Crippen molar-refractivity contribution in [1.82, 2.24) is 9.13 Å². The maximum absolute atomic E-state index is 7.21. The molecule has 0 bridgehead atoms. The molecule has 0 N–H and O–H groups in total. The fourth-order valence-electron chi connectivity index (χ4n) is 12.3. The maximum atomic E-state index is 7.21. The van der Waals surface area contributed by atoms with Crippen LogP contribution in [-0.4, -0.2) is 16.0 Å². The molecule has 0 saturated heterocycles. The quantitative estimate of drug-likeness (QED) is 0.155. The van der Waals surface area contributed by atoms with Gasteiger partial charge in [-0.25, -0.2) is 0 Å². The van der Waals surface area contributed by atoms with Gasteiger partial charge in [0.1, 0.15) is 5.58 Å². The summed E-state index contributed by atoms with van der Waals surface area (Å²) in [6, 6.07) is 83.7. The molecule has 13 aromatic rings. The number of furan rings is 1. The number of hydrogen-bond donors (Lipinski definition) is 0. The number of hydrogen-bond acceptors (Lipinski definition) is 2. The number of anilines is 2. The van der Waals surface area contributed by atoms with Crippen LogP contribution in [0.15, 0.2) is 242 Å². The van der Waals surface area contributed by atoms with Gasteiger partial charge in [0.25, 0.3) is 0 Å². The van der Waals surface area contributed by atoms with E-state index in [1.165, 1.54) is 60.7 Å². The molecule has 2 aliphatic heterocycles. The van der Waals surface area contributed by atoms with Crippen LogP contribution in [-0.2, 0) is 0 Å².